The highest BCUT2D eigenvalue weighted by molar-refractivity contribution is 7.89. The lowest BCUT2D eigenvalue weighted by atomic mass is 10.2. The van der Waals surface area contributed by atoms with E-state index in [9.17, 15) is 13.2 Å². The molecule has 1 aliphatic carbocycles. The molecule has 0 atom stereocenters. The van der Waals surface area contributed by atoms with Crippen LogP contribution in [0, 0.1) is 11.3 Å². The van der Waals surface area contributed by atoms with E-state index in [0.717, 1.165) is 9.87 Å². The maximum absolute atomic E-state index is 12.4. The molecule has 6 nitrogen and oxygen atoms in total. The summed E-state index contributed by atoms with van der Waals surface area (Å²) in [6.45, 7) is -0.521. The number of nitrogens with zero attached hydrogens (tertiary/aromatic N) is 2. The smallest absolute Gasteiger partial charge is 0.318 e. The van der Waals surface area contributed by atoms with E-state index in [1.807, 2.05) is 6.07 Å². The van der Waals surface area contributed by atoms with Crippen molar-refractivity contribution in [2.24, 2.45) is 0 Å². The second-order valence-corrected chi connectivity index (χ2v) is 6.54. The van der Waals surface area contributed by atoms with Crippen LogP contribution in [-0.2, 0) is 21.2 Å². The number of benzene rings is 1. The van der Waals surface area contributed by atoms with Gasteiger partial charge in [0, 0.05) is 6.04 Å². The summed E-state index contributed by atoms with van der Waals surface area (Å²) in [5.74, 6) is -1.17. The van der Waals surface area contributed by atoms with E-state index in [4.69, 9.17) is 10.4 Å². The van der Waals surface area contributed by atoms with Crippen LogP contribution in [0.3, 0.4) is 0 Å². The van der Waals surface area contributed by atoms with Crippen molar-refractivity contribution >= 4 is 16.0 Å². The first-order valence-corrected chi connectivity index (χ1v) is 7.58. The van der Waals surface area contributed by atoms with Crippen LogP contribution >= 0.6 is 0 Å². The van der Waals surface area contributed by atoms with E-state index in [1.54, 1.807) is 12.1 Å². The molecule has 0 unspecified atom stereocenters. The molecule has 2 rings (SSSR count). The summed E-state index contributed by atoms with van der Waals surface area (Å²) in [4.78, 5) is 10.9. The van der Waals surface area contributed by atoms with Gasteiger partial charge in [-0.3, -0.25) is 4.79 Å². The molecular weight excluding hydrogens is 280 g/mol. The maximum Gasteiger partial charge on any atom is 0.318 e. The van der Waals surface area contributed by atoms with Crippen LogP contribution in [0.25, 0.3) is 0 Å². The van der Waals surface area contributed by atoms with E-state index in [-0.39, 0.29) is 17.4 Å². The van der Waals surface area contributed by atoms with E-state index in [1.165, 1.54) is 12.1 Å². The minimum Gasteiger partial charge on any atom is -0.480 e. The Balaban J connectivity index is 2.27. The molecule has 1 aromatic rings. The zero-order valence-electron chi connectivity index (χ0n) is 10.7. The predicted molar refractivity (Wildman–Crippen MR) is 70.3 cm³/mol. The number of sulfonamides is 1. The number of aliphatic carboxylic acids is 1. The Morgan fingerprint density at radius 3 is 2.40 bits per heavy atom. The van der Waals surface area contributed by atoms with Gasteiger partial charge >= 0.3 is 5.97 Å². The minimum absolute atomic E-state index is 0.0624. The number of carbonyl (C=O) groups is 1. The first kappa shape index (κ1) is 14.5. The Morgan fingerprint density at radius 2 is 1.95 bits per heavy atom. The largest absolute Gasteiger partial charge is 0.480 e. The van der Waals surface area contributed by atoms with Crippen molar-refractivity contribution in [2.45, 2.75) is 30.2 Å². The van der Waals surface area contributed by atoms with Crippen molar-refractivity contribution in [2.75, 3.05) is 6.54 Å². The predicted octanol–water partition coefficient (Wildman–Crippen LogP) is 0.990. The third-order valence-corrected chi connectivity index (χ3v) is 4.97. The van der Waals surface area contributed by atoms with Crippen LogP contribution in [0.5, 0.6) is 0 Å². The van der Waals surface area contributed by atoms with E-state index in [0.29, 0.717) is 12.8 Å². The molecule has 1 saturated carbocycles. The van der Waals surface area contributed by atoms with Crippen molar-refractivity contribution in [1.29, 1.82) is 5.26 Å². The van der Waals surface area contributed by atoms with Crippen LogP contribution in [-0.4, -0.2) is 36.4 Å². The van der Waals surface area contributed by atoms with Crippen molar-refractivity contribution in [3.8, 4) is 6.07 Å². The second kappa shape index (κ2) is 5.61. The Morgan fingerprint density at radius 1 is 1.35 bits per heavy atom. The summed E-state index contributed by atoms with van der Waals surface area (Å²) in [5, 5.41) is 17.4. The fraction of sp³-hybridized carbons (Fsp3) is 0.385. The number of rotatable bonds is 6. The van der Waals surface area contributed by atoms with Gasteiger partial charge < -0.3 is 5.11 Å². The highest BCUT2D eigenvalue weighted by Gasteiger charge is 2.39. The van der Waals surface area contributed by atoms with E-state index in [2.05, 4.69) is 0 Å². The molecular formula is C13H14N2O4S. The maximum atomic E-state index is 12.4. The van der Waals surface area contributed by atoms with Crippen LogP contribution in [0.1, 0.15) is 18.4 Å². The fourth-order valence-corrected chi connectivity index (χ4v) is 3.55. The van der Waals surface area contributed by atoms with Crippen molar-refractivity contribution < 1.29 is 18.3 Å². The normalized spacial score (nSPS) is 15.0. The molecule has 0 aromatic heterocycles. The molecule has 106 valence electrons. The second-order valence-electron chi connectivity index (χ2n) is 4.65. The third kappa shape index (κ3) is 3.15. The summed E-state index contributed by atoms with van der Waals surface area (Å²) in [7, 11) is -3.80. The molecule has 0 saturated heterocycles. The van der Waals surface area contributed by atoms with Gasteiger partial charge in [0.1, 0.15) is 6.54 Å². The quantitative estimate of drug-likeness (QED) is 0.843. The topological polar surface area (TPSA) is 98.5 Å². The lowest BCUT2D eigenvalue weighted by molar-refractivity contribution is -0.137. The lowest BCUT2D eigenvalue weighted by Crippen LogP contribution is -2.37. The first-order chi connectivity index (χ1) is 9.45. The van der Waals surface area contributed by atoms with Gasteiger partial charge in [-0.2, -0.15) is 9.57 Å². The zero-order chi connectivity index (χ0) is 14.8. The van der Waals surface area contributed by atoms with Gasteiger partial charge in [0.15, 0.2) is 0 Å². The Hall–Kier alpha value is -1.91. The lowest BCUT2D eigenvalue weighted by Gasteiger charge is -2.19. The number of hydrogen-bond donors (Lipinski definition) is 1. The van der Waals surface area contributed by atoms with Gasteiger partial charge in [-0.15, -0.1) is 0 Å². The number of hydrogen-bond acceptors (Lipinski definition) is 4. The Kier molecular flexibility index (Phi) is 4.06. The molecule has 1 N–H and O–H groups in total. The van der Waals surface area contributed by atoms with Gasteiger partial charge in [0.05, 0.1) is 17.4 Å². The SMILES string of the molecule is N#CCc1ccc(S(=O)(=O)N(CC(=O)O)C2CC2)cc1. The van der Waals surface area contributed by atoms with Crippen LogP contribution in [0.2, 0.25) is 0 Å². The Bertz CT molecular complexity index is 642. The molecule has 0 bridgehead atoms. The van der Waals surface area contributed by atoms with E-state index >= 15 is 0 Å². The molecule has 1 aromatic carbocycles. The monoisotopic (exact) mass is 294 g/mol. The number of carboxylic acids is 1. The Labute approximate surface area is 117 Å². The first-order valence-electron chi connectivity index (χ1n) is 6.14. The van der Waals surface area contributed by atoms with Crippen molar-refractivity contribution in [3.05, 3.63) is 29.8 Å². The molecule has 0 heterocycles. The van der Waals surface area contributed by atoms with Crippen LogP contribution < -0.4 is 0 Å². The molecule has 0 amide bonds. The summed E-state index contributed by atoms with van der Waals surface area (Å²) in [6, 6.07) is 7.74. The molecule has 1 aliphatic rings. The summed E-state index contributed by atoms with van der Waals surface area (Å²) < 4.78 is 25.9. The molecule has 0 radical (unpaired) electrons. The highest BCUT2D eigenvalue weighted by atomic mass is 32.2. The van der Waals surface area contributed by atoms with Crippen molar-refractivity contribution in [1.82, 2.24) is 4.31 Å². The van der Waals surface area contributed by atoms with Gasteiger partial charge in [0.2, 0.25) is 10.0 Å². The number of carboxylic acid groups (broad SMARTS) is 1. The zero-order valence-corrected chi connectivity index (χ0v) is 11.5. The van der Waals surface area contributed by atoms with Gasteiger partial charge in [0.25, 0.3) is 0 Å². The summed E-state index contributed by atoms with van der Waals surface area (Å²) >= 11 is 0. The minimum atomic E-state index is -3.80. The summed E-state index contributed by atoms with van der Waals surface area (Å²) in [6.07, 6.45) is 1.60. The van der Waals surface area contributed by atoms with Crippen molar-refractivity contribution in [3.63, 3.8) is 0 Å². The highest BCUT2D eigenvalue weighted by Crippen LogP contribution is 2.31. The van der Waals surface area contributed by atoms with E-state index < -0.39 is 22.5 Å². The molecule has 20 heavy (non-hydrogen) atoms. The molecule has 0 spiro atoms. The average Bonchev–Trinajstić information content (AvgIpc) is 3.21. The number of nitriles is 1. The summed E-state index contributed by atoms with van der Waals surface area (Å²) in [5.41, 5.74) is 0.725. The van der Waals surface area contributed by atoms with Gasteiger partial charge in [-0.1, -0.05) is 12.1 Å². The average molecular weight is 294 g/mol. The molecule has 7 heteroatoms. The molecule has 0 aliphatic heterocycles. The van der Waals surface area contributed by atoms with Gasteiger partial charge in [-0.05, 0) is 30.5 Å². The molecule has 1 fully saturated rings. The standard InChI is InChI=1S/C13H14N2O4S/c14-8-7-10-1-5-12(6-2-10)20(18,19)15(9-13(16)17)11-3-4-11/h1-2,5-6,11H,3-4,7,9H2,(H,16,17). The van der Waals surface area contributed by atoms with Gasteiger partial charge in [-0.25, -0.2) is 8.42 Å². The fourth-order valence-electron chi connectivity index (χ4n) is 1.91. The third-order valence-electron chi connectivity index (χ3n) is 3.06. The van der Waals surface area contributed by atoms with Crippen LogP contribution in [0.15, 0.2) is 29.2 Å². The van der Waals surface area contributed by atoms with Crippen LogP contribution in [0.4, 0.5) is 0 Å².